The predicted molar refractivity (Wildman–Crippen MR) is 135 cm³/mol. The van der Waals surface area contributed by atoms with Gasteiger partial charge in [0, 0.05) is 38.2 Å². The van der Waals surface area contributed by atoms with Crippen LogP contribution in [0.3, 0.4) is 0 Å². The second-order valence-corrected chi connectivity index (χ2v) is 9.43. The van der Waals surface area contributed by atoms with Crippen molar-refractivity contribution in [2.45, 2.75) is 32.1 Å². The molecule has 8 nitrogen and oxygen atoms in total. The average molecular weight is 505 g/mol. The topological polar surface area (TPSA) is 95.6 Å². The van der Waals surface area contributed by atoms with Crippen molar-refractivity contribution in [3.05, 3.63) is 92.6 Å². The summed E-state index contributed by atoms with van der Waals surface area (Å²) in [4.78, 5) is 41.1. The number of piperazine rings is 1. The number of benzene rings is 2. The summed E-state index contributed by atoms with van der Waals surface area (Å²) in [6.45, 7) is 1.27. The quantitative estimate of drug-likeness (QED) is 0.557. The summed E-state index contributed by atoms with van der Waals surface area (Å²) in [5.74, 6) is -0.512. The van der Waals surface area contributed by atoms with Crippen molar-refractivity contribution in [1.82, 2.24) is 20.0 Å². The van der Waals surface area contributed by atoms with E-state index in [2.05, 4.69) is 10.2 Å². The molecule has 0 bridgehead atoms. The van der Waals surface area contributed by atoms with E-state index in [1.807, 2.05) is 18.2 Å². The maximum Gasteiger partial charge on any atom is 0.267 e. The summed E-state index contributed by atoms with van der Waals surface area (Å²) in [7, 11) is 0. The van der Waals surface area contributed by atoms with Crippen molar-refractivity contribution in [2.24, 2.45) is 0 Å². The summed E-state index contributed by atoms with van der Waals surface area (Å²) >= 11 is 0. The monoisotopic (exact) mass is 504 g/mol. The highest BCUT2D eigenvalue weighted by Crippen LogP contribution is 2.23. The Hall–Kier alpha value is -4.01. The van der Waals surface area contributed by atoms with Crippen molar-refractivity contribution >= 4 is 11.8 Å². The second-order valence-electron chi connectivity index (χ2n) is 9.43. The largest absolute Gasteiger partial charge is 0.484 e. The van der Waals surface area contributed by atoms with Gasteiger partial charge in [0.2, 0.25) is 0 Å². The van der Waals surface area contributed by atoms with Gasteiger partial charge in [0.15, 0.2) is 6.61 Å². The Bertz CT molecular complexity index is 1350. The number of aromatic amines is 1. The highest BCUT2D eigenvalue weighted by molar-refractivity contribution is 5.95. The van der Waals surface area contributed by atoms with Crippen LogP contribution in [0.2, 0.25) is 0 Å². The van der Waals surface area contributed by atoms with Gasteiger partial charge >= 0.3 is 0 Å². The van der Waals surface area contributed by atoms with Crippen LogP contribution in [0.15, 0.2) is 53.3 Å². The normalized spacial score (nSPS) is 15.3. The minimum Gasteiger partial charge on any atom is -0.484 e. The number of ether oxygens (including phenoxy) is 1. The number of hydrogen-bond donors (Lipinski definition) is 1. The lowest BCUT2D eigenvalue weighted by molar-refractivity contribution is -0.134. The fraction of sp³-hybridized carbons (Fsp3) is 0.357. The number of H-pyrrole nitrogens is 1. The third-order valence-corrected chi connectivity index (χ3v) is 7.04. The molecule has 192 valence electrons. The molecular formula is C28H29FN4O4. The molecule has 1 aromatic heterocycles. The number of carbonyl (C=O) groups excluding carboxylic acids is 2. The number of carbonyl (C=O) groups is 2. The van der Waals surface area contributed by atoms with Crippen LogP contribution in [0.4, 0.5) is 4.39 Å². The number of rotatable bonds is 6. The molecule has 1 fully saturated rings. The average Bonchev–Trinajstić information content (AvgIpc) is 2.94. The molecule has 0 radical (unpaired) electrons. The Labute approximate surface area is 214 Å². The first-order valence-electron chi connectivity index (χ1n) is 12.6. The van der Waals surface area contributed by atoms with E-state index in [0.717, 1.165) is 48.1 Å². The van der Waals surface area contributed by atoms with Gasteiger partial charge in [-0.2, -0.15) is 5.10 Å². The molecule has 0 unspecified atom stereocenters. The van der Waals surface area contributed by atoms with Gasteiger partial charge in [-0.15, -0.1) is 0 Å². The minimum atomic E-state index is -0.583. The lowest BCUT2D eigenvalue weighted by Gasteiger charge is -2.34. The molecule has 37 heavy (non-hydrogen) atoms. The number of nitrogens with one attached hydrogen (secondary N) is 1. The fourth-order valence-corrected chi connectivity index (χ4v) is 5.00. The molecule has 0 atom stereocenters. The van der Waals surface area contributed by atoms with Crippen molar-refractivity contribution in [2.75, 3.05) is 32.8 Å². The van der Waals surface area contributed by atoms with Crippen molar-refractivity contribution in [3.63, 3.8) is 0 Å². The van der Waals surface area contributed by atoms with E-state index in [1.165, 1.54) is 6.07 Å². The van der Waals surface area contributed by atoms with Crippen molar-refractivity contribution < 1.29 is 18.7 Å². The zero-order valence-electron chi connectivity index (χ0n) is 20.5. The number of halogens is 1. The predicted octanol–water partition coefficient (Wildman–Crippen LogP) is 2.74. The first-order valence-corrected chi connectivity index (χ1v) is 12.6. The maximum absolute atomic E-state index is 14.7. The SMILES string of the molecule is O=C(COc1ccccc1)N1CCN(C(=O)c2cc(Cc3n[nH]c(=O)c4c3CCCC4)ccc2F)CC1. The Morgan fingerprint density at radius 3 is 2.41 bits per heavy atom. The molecule has 1 N–H and O–H groups in total. The highest BCUT2D eigenvalue weighted by atomic mass is 19.1. The molecule has 1 aliphatic heterocycles. The van der Waals surface area contributed by atoms with E-state index in [9.17, 15) is 18.8 Å². The smallest absolute Gasteiger partial charge is 0.267 e. The standard InChI is InChI=1S/C28H29FN4O4/c29-24-11-10-19(17-25-21-8-4-5-9-22(21)27(35)31-30-25)16-23(24)28(36)33-14-12-32(13-15-33)26(34)18-37-20-6-2-1-3-7-20/h1-3,6-7,10-11,16H,4-5,8-9,12-15,17-18H2,(H,31,35). The van der Waals surface area contributed by atoms with Gasteiger partial charge in [0.25, 0.3) is 17.4 Å². The Balaban J connectivity index is 1.22. The molecule has 1 saturated heterocycles. The van der Waals surface area contributed by atoms with Gasteiger partial charge in [-0.3, -0.25) is 14.4 Å². The number of amides is 2. The third kappa shape index (κ3) is 5.55. The first-order chi connectivity index (χ1) is 18.0. The van der Waals surface area contributed by atoms with Gasteiger partial charge in [0.05, 0.1) is 11.3 Å². The van der Waals surface area contributed by atoms with Crippen molar-refractivity contribution in [1.29, 1.82) is 0 Å². The molecule has 1 aliphatic carbocycles. The zero-order valence-corrected chi connectivity index (χ0v) is 20.5. The molecule has 2 aromatic carbocycles. The van der Waals surface area contributed by atoms with E-state index in [1.54, 1.807) is 34.1 Å². The van der Waals surface area contributed by atoms with Crippen LogP contribution in [0.25, 0.3) is 0 Å². The minimum absolute atomic E-state index is 0.00276. The third-order valence-electron chi connectivity index (χ3n) is 7.04. The summed E-state index contributed by atoms with van der Waals surface area (Å²) in [6, 6.07) is 13.6. The van der Waals surface area contributed by atoms with Crippen LogP contribution >= 0.6 is 0 Å². The van der Waals surface area contributed by atoms with E-state index in [0.29, 0.717) is 38.3 Å². The van der Waals surface area contributed by atoms with Crippen LogP contribution in [-0.2, 0) is 24.1 Å². The van der Waals surface area contributed by atoms with Gasteiger partial charge in [-0.1, -0.05) is 24.3 Å². The van der Waals surface area contributed by atoms with E-state index < -0.39 is 11.7 Å². The van der Waals surface area contributed by atoms with Gasteiger partial charge in [0.1, 0.15) is 11.6 Å². The van der Waals surface area contributed by atoms with E-state index in [-0.39, 0.29) is 23.6 Å². The fourth-order valence-electron chi connectivity index (χ4n) is 5.00. The zero-order chi connectivity index (χ0) is 25.8. The molecule has 2 amide bonds. The first kappa shape index (κ1) is 24.7. The van der Waals surface area contributed by atoms with Crippen molar-refractivity contribution in [3.8, 4) is 5.75 Å². The maximum atomic E-state index is 14.7. The summed E-state index contributed by atoms with van der Waals surface area (Å²) in [6.07, 6.45) is 3.93. The van der Waals surface area contributed by atoms with Crippen LogP contribution in [0.1, 0.15) is 45.6 Å². The number of para-hydroxylation sites is 1. The number of hydrogen-bond acceptors (Lipinski definition) is 5. The molecule has 2 aliphatic rings. The van der Waals surface area contributed by atoms with Gasteiger partial charge in [-0.25, -0.2) is 9.49 Å². The molecule has 2 heterocycles. The molecule has 0 saturated carbocycles. The Kier molecular flexibility index (Phi) is 7.30. The molecule has 5 rings (SSSR count). The molecule has 3 aromatic rings. The number of aromatic nitrogens is 2. The molecular weight excluding hydrogens is 475 g/mol. The molecule has 0 spiro atoms. The Morgan fingerprint density at radius 2 is 1.65 bits per heavy atom. The summed E-state index contributed by atoms with van der Waals surface area (Å²) in [5, 5.41) is 6.84. The van der Waals surface area contributed by atoms with Crippen LogP contribution in [-0.4, -0.2) is 64.6 Å². The van der Waals surface area contributed by atoms with Gasteiger partial charge in [-0.05, 0) is 61.1 Å². The van der Waals surface area contributed by atoms with E-state index in [4.69, 9.17) is 4.74 Å². The summed E-state index contributed by atoms with van der Waals surface area (Å²) < 4.78 is 20.3. The van der Waals surface area contributed by atoms with E-state index >= 15 is 0 Å². The lowest BCUT2D eigenvalue weighted by Crippen LogP contribution is -2.51. The van der Waals surface area contributed by atoms with Crippen LogP contribution in [0, 0.1) is 5.82 Å². The van der Waals surface area contributed by atoms with Gasteiger partial charge < -0.3 is 14.5 Å². The highest BCUT2D eigenvalue weighted by Gasteiger charge is 2.27. The number of fused-ring (bicyclic) bond motifs is 1. The summed E-state index contributed by atoms with van der Waals surface area (Å²) in [5.41, 5.74) is 3.15. The second kappa shape index (κ2) is 10.9. The Morgan fingerprint density at radius 1 is 0.946 bits per heavy atom. The number of nitrogens with zero attached hydrogens (tertiary/aromatic N) is 3. The lowest BCUT2D eigenvalue weighted by atomic mass is 9.90. The van der Waals surface area contributed by atoms with Crippen LogP contribution in [0.5, 0.6) is 5.75 Å². The van der Waals surface area contributed by atoms with Crippen LogP contribution < -0.4 is 10.3 Å². The molecule has 9 heteroatoms.